The van der Waals surface area contributed by atoms with Gasteiger partial charge in [-0.1, -0.05) is 12.1 Å². The third-order valence-electron chi connectivity index (χ3n) is 3.90. The summed E-state index contributed by atoms with van der Waals surface area (Å²) in [6.07, 6.45) is 1.77. The number of primary sulfonamides is 1. The number of nitrogens with one attached hydrogen (secondary N) is 2. The lowest BCUT2D eigenvalue weighted by Crippen LogP contribution is -2.17. The molecule has 0 fully saturated rings. The molecule has 0 radical (unpaired) electrons. The lowest BCUT2D eigenvalue weighted by molar-refractivity contribution is 0.405. The number of hydrogen-bond donors (Lipinski definition) is 3. The van der Waals surface area contributed by atoms with Crippen LogP contribution < -0.4 is 15.8 Å². The van der Waals surface area contributed by atoms with Crippen molar-refractivity contribution in [1.82, 2.24) is 14.9 Å². The van der Waals surface area contributed by atoms with E-state index in [0.717, 1.165) is 43.1 Å². The van der Waals surface area contributed by atoms with Crippen LogP contribution >= 0.6 is 0 Å². The monoisotopic (exact) mass is 392 g/mol. The van der Waals surface area contributed by atoms with Gasteiger partial charge in [-0.2, -0.15) is 0 Å². The molecule has 8 nitrogen and oxygen atoms in total. The van der Waals surface area contributed by atoms with E-state index in [1.807, 2.05) is 13.0 Å². The van der Waals surface area contributed by atoms with Crippen molar-refractivity contribution in [3.05, 3.63) is 41.7 Å². The minimum absolute atomic E-state index is 0.121. The van der Waals surface area contributed by atoms with Crippen molar-refractivity contribution in [2.75, 3.05) is 44.4 Å². The van der Waals surface area contributed by atoms with Gasteiger partial charge in [-0.05, 0) is 58.1 Å². The van der Waals surface area contributed by atoms with Gasteiger partial charge in [-0.15, -0.1) is 0 Å². The number of nitrogens with zero attached hydrogens (tertiary/aromatic N) is 3. The van der Waals surface area contributed by atoms with Crippen LogP contribution in [0, 0.1) is 6.92 Å². The van der Waals surface area contributed by atoms with Crippen LogP contribution in [0.3, 0.4) is 0 Å². The smallest absolute Gasteiger partial charge is 0.238 e. The molecule has 148 valence electrons. The molecule has 0 aliphatic heterocycles. The summed E-state index contributed by atoms with van der Waals surface area (Å²) in [7, 11) is 0.460. The maximum Gasteiger partial charge on any atom is 0.238 e. The number of benzene rings is 1. The van der Waals surface area contributed by atoms with Crippen LogP contribution in [0.1, 0.15) is 17.8 Å². The normalized spacial score (nSPS) is 11.6. The van der Waals surface area contributed by atoms with Gasteiger partial charge < -0.3 is 15.5 Å². The van der Waals surface area contributed by atoms with E-state index < -0.39 is 10.0 Å². The molecule has 1 aromatic carbocycles. The fourth-order valence-electron chi connectivity index (χ4n) is 2.54. The Labute approximate surface area is 161 Å². The number of sulfonamides is 1. The number of rotatable bonds is 10. The molecule has 1 heterocycles. The number of hydrogen-bond acceptors (Lipinski definition) is 7. The summed E-state index contributed by atoms with van der Waals surface area (Å²) in [4.78, 5) is 11.1. The molecule has 27 heavy (non-hydrogen) atoms. The Kier molecular flexibility index (Phi) is 7.52. The molecular weight excluding hydrogens is 364 g/mol. The van der Waals surface area contributed by atoms with E-state index in [1.54, 1.807) is 12.1 Å². The molecule has 0 atom stereocenters. The molecular formula is C18H28N6O2S. The van der Waals surface area contributed by atoms with Crippen molar-refractivity contribution < 1.29 is 8.42 Å². The van der Waals surface area contributed by atoms with Gasteiger partial charge in [0.05, 0.1) is 4.90 Å². The zero-order chi connectivity index (χ0) is 19.9. The van der Waals surface area contributed by atoms with Crippen molar-refractivity contribution in [2.24, 2.45) is 5.14 Å². The molecule has 1 aromatic heterocycles. The molecule has 0 aliphatic carbocycles. The van der Waals surface area contributed by atoms with Gasteiger partial charge in [0.15, 0.2) is 0 Å². The van der Waals surface area contributed by atoms with Gasteiger partial charge in [-0.3, -0.25) is 0 Å². The van der Waals surface area contributed by atoms with E-state index in [4.69, 9.17) is 5.14 Å². The number of nitrogens with two attached hydrogens (primary N) is 1. The summed E-state index contributed by atoms with van der Waals surface area (Å²) >= 11 is 0. The van der Waals surface area contributed by atoms with Crippen molar-refractivity contribution in [3.63, 3.8) is 0 Å². The minimum atomic E-state index is -3.65. The molecule has 0 aliphatic rings. The zero-order valence-electron chi connectivity index (χ0n) is 16.1. The molecule has 0 amide bonds. The zero-order valence-corrected chi connectivity index (χ0v) is 16.9. The van der Waals surface area contributed by atoms with Gasteiger partial charge >= 0.3 is 0 Å². The lowest BCUT2D eigenvalue weighted by Gasteiger charge is -2.12. The maximum absolute atomic E-state index is 11.3. The van der Waals surface area contributed by atoms with E-state index in [-0.39, 0.29) is 4.90 Å². The summed E-state index contributed by atoms with van der Waals surface area (Å²) in [6, 6.07) is 8.48. The van der Waals surface area contributed by atoms with Gasteiger partial charge in [0.25, 0.3) is 0 Å². The molecule has 2 aromatic rings. The van der Waals surface area contributed by atoms with Crippen LogP contribution in [0.2, 0.25) is 0 Å². The van der Waals surface area contributed by atoms with E-state index >= 15 is 0 Å². The van der Waals surface area contributed by atoms with Crippen LogP contribution in [0.5, 0.6) is 0 Å². The van der Waals surface area contributed by atoms with Crippen LogP contribution in [0.25, 0.3) is 0 Å². The second-order valence-corrected chi connectivity index (χ2v) is 8.20. The summed E-state index contributed by atoms with van der Waals surface area (Å²) < 4.78 is 22.6. The summed E-state index contributed by atoms with van der Waals surface area (Å²) in [5.41, 5.74) is 1.02. The van der Waals surface area contributed by atoms with Crippen molar-refractivity contribution in [2.45, 2.75) is 24.7 Å². The molecule has 0 saturated heterocycles. The van der Waals surface area contributed by atoms with E-state index in [2.05, 4.69) is 39.6 Å². The Hall–Kier alpha value is -2.23. The summed E-state index contributed by atoms with van der Waals surface area (Å²) in [5, 5.41) is 11.7. The second kappa shape index (κ2) is 9.63. The molecule has 2 rings (SSSR count). The van der Waals surface area contributed by atoms with Crippen molar-refractivity contribution in [3.8, 4) is 0 Å². The van der Waals surface area contributed by atoms with Gasteiger partial charge in [-0.25, -0.2) is 23.5 Å². The average Bonchev–Trinajstić information content (AvgIpc) is 2.58. The molecule has 9 heteroatoms. The number of anilines is 2. The third kappa shape index (κ3) is 7.49. The fourth-order valence-corrected chi connectivity index (χ4v) is 3.06. The molecule has 4 N–H and O–H groups in total. The highest BCUT2D eigenvalue weighted by Gasteiger charge is 2.07. The first-order chi connectivity index (χ1) is 12.7. The summed E-state index contributed by atoms with van der Waals surface area (Å²) in [6.45, 7) is 4.41. The number of aryl methyl sites for hydroxylation is 1. The predicted octanol–water partition coefficient (Wildman–Crippen LogP) is 1.45. The first kappa shape index (κ1) is 21.1. The highest BCUT2D eigenvalue weighted by atomic mass is 32.2. The van der Waals surface area contributed by atoms with E-state index in [9.17, 15) is 8.42 Å². The highest BCUT2D eigenvalue weighted by molar-refractivity contribution is 7.89. The third-order valence-corrected chi connectivity index (χ3v) is 4.83. The fraction of sp³-hybridized carbons (Fsp3) is 0.444. The second-order valence-electron chi connectivity index (χ2n) is 6.63. The van der Waals surface area contributed by atoms with Crippen LogP contribution in [-0.4, -0.2) is 57.0 Å². The first-order valence-corrected chi connectivity index (χ1v) is 10.4. The average molecular weight is 393 g/mol. The van der Waals surface area contributed by atoms with E-state index in [0.29, 0.717) is 12.4 Å². The standard InChI is InChI=1S/C18H28N6O2S/c1-14-22-17(20-10-4-12-24(2)3)13-18(23-14)21-11-9-15-5-7-16(8-6-15)27(19,25)26/h5-8,13H,4,9-12H2,1-3H3,(H2,19,25,26)(H2,20,21,22,23). The minimum Gasteiger partial charge on any atom is -0.370 e. The summed E-state index contributed by atoms with van der Waals surface area (Å²) in [5.74, 6) is 2.27. The first-order valence-electron chi connectivity index (χ1n) is 8.84. The number of aromatic nitrogens is 2. The van der Waals surface area contributed by atoms with Crippen molar-refractivity contribution >= 4 is 21.7 Å². The molecule has 0 spiro atoms. The highest BCUT2D eigenvalue weighted by Crippen LogP contribution is 2.12. The van der Waals surface area contributed by atoms with Gasteiger partial charge in [0.1, 0.15) is 17.5 Å². The van der Waals surface area contributed by atoms with E-state index in [1.165, 1.54) is 12.1 Å². The Morgan fingerprint density at radius 2 is 1.63 bits per heavy atom. The quantitative estimate of drug-likeness (QED) is 0.525. The topological polar surface area (TPSA) is 113 Å². The molecule has 0 bridgehead atoms. The Morgan fingerprint density at radius 1 is 1.04 bits per heavy atom. The maximum atomic E-state index is 11.3. The van der Waals surface area contributed by atoms with Crippen molar-refractivity contribution in [1.29, 1.82) is 0 Å². The lowest BCUT2D eigenvalue weighted by atomic mass is 10.1. The Bertz CT molecular complexity index is 837. The Balaban J connectivity index is 1.86. The van der Waals surface area contributed by atoms with Gasteiger partial charge in [0, 0.05) is 19.2 Å². The molecule has 0 unspecified atom stereocenters. The SMILES string of the molecule is Cc1nc(NCCCN(C)C)cc(NCCc2ccc(S(N)(=O)=O)cc2)n1. The van der Waals surface area contributed by atoms with Gasteiger partial charge in [0.2, 0.25) is 10.0 Å². The van der Waals surface area contributed by atoms with Crippen LogP contribution in [-0.2, 0) is 16.4 Å². The van der Waals surface area contributed by atoms with Crippen LogP contribution in [0.4, 0.5) is 11.6 Å². The predicted molar refractivity (Wildman–Crippen MR) is 108 cm³/mol. The largest absolute Gasteiger partial charge is 0.370 e. The Morgan fingerprint density at radius 3 is 2.19 bits per heavy atom. The molecule has 0 saturated carbocycles. The van der Waals surface area contributed by atoms with Crippen LogP contribution in [0.15, 0.2) is 35.2 Å².